The van der Waals surface area contributed by atoms with E-state index < -0.39 is 6.10 Å². The van der Waals surface area contributed by atoms with Crippen LogP contribution >= 0.6 is 0 Å². The van der Waals surface area contributed by atoms with Gasteiger partial charge in [-0.25, -0.2) is 0 Å². The Labute approximate surface area is 108 Å². The van der Waals surface area contributed by atoms with Gasteiger partial charge < -0.3 is 24.8 Å². The molecule has 1 aromatic carbocycles. The van der Waals surface area contributed by atoms with Crippen molar-refractivity contribution in [1.82, 2.24) is 0 Å². The van der Waals surface area contributed by atoms with E-state index in [-0.39, 0.29) is 13.2 Å². The maximum absolute atomic E-state index is 8.17. The topological polar surface area (TPSA) is 79.2 Å². The van der Waals surface area contributed by atoms with Gasteiger partial charge in [0.05, 0.1) is 39.6 Å². The predicted octanol–water partition coefficient (Wildman–Crippen LogP) is 0.0517. The normalized spacial score (nSPS) is 14.0. The monoisotopic (exact) mass is 258 g/mol. The first-order valence-corrected chi connectivity index (χ1v) is 5.86. The Kier molecular flexibility index (Phi) is 13.3. The summed E-state index contributed by atoms with van der Waals surface area (Å²) in [5.74, 6) is 0. The van der Waals surface area contributed by atoms with Crippen molar-refractivity contribution in [2.75, 3.05) is 39.6 Å². The lowest BCUT2D eigenvalue weighted by molar-refractivity contribution is -0.0334. The fraction of sp³-hybridized carbons (Fsp3) is 0.538. The summed E-state index contributed by atoms with van der Waals surface area (Å²) in [5, 5.41) is 24.0. The molecule has 0 amide bonds. The molecule has 0 spiro atoms. The number of aliphatic hydroxyl groups excluding tert-OH is 3. The van der Waals surface area contributed by atoms with Crippen molar-refractivity contribution in [2.45, 2.75) is 6.10 Å². The zero-order valence-electron chi connectivity index (χ0n) is 10.4. The van der Waals surface area contributed by atoms with Crippen LogP contribution in [0.4, 0.5) is 0 Å². The number of rotatable bonds is 2. The second-order valence-corrected chi connectivity index (χ2v) is 3.40. The summed E-state index contributed by atoms with van der Waals surface area (Å²) in [6.07, 6.45) is -0.954. The van der Waals surface area contributed by atoms with Crippen molar-refractivity contribution in [3.05, 3.63) is 36.4 Å². The van der Waals surface area contributed by atoms with Crippen LogP contribution in [0.2, 0.25) is 0 Å². The third-order valence-corrected chi connectivity index (χ3v) is 1.83. The van der Waals surface area contributed by atoms with Crippen molar-refractivity contribution in [2.24, 2.45) is 0 Å². The molecular weight excluding hydrogens is 236 g/mol. The van der Waals surface area contributed by atoms with E-state index in [1.807, 2.05) is 36.4 Å². The van der Waals surface area contributed by atoms with Gasteiger partial charge in [-0.2, -0.15) is 0 Å². The average Bonchev–Trinajstić information content (AvgIpc) is 2.51. The first kappa shape index (κ1) is 17.0. The minimum atomic E-state index is -0.954. The molecule has 3 N–H and O–H groups in total. The number of benzene rings is 1. The lowest BCUT2D eigenvalue weighted by Gasteiger charge is -2.09. The van der Waals surface area contributed by atoms with Crippen LogP contribution in [0.15, 0.2) is 36.4 Å². The molecule has 0 unspecified atom stereocenters. The summed E-state index contributed by atoms with van der Waals surface area (Å²) in [4.78, 5) is 0. The number of ether oxygens (including phenoxy) is 2. The quantitative estimate of drug-likeness (QED) is 0.698. The summed E-state index contributed by atoms with van der Waals surface area (Å²) in [6.45, 7) is 2.38. The van der Waals surface area contributed by atoms with Crippen LogP contribution in [0.25, 0.3) is 0 Å². The van der Waals surface area contributed by atoms with E-state index in [4.69, 9.17) is 24.8 Å². The van der Waals surface area contributed by atoms with Gasteiger partial charge in [-0.15, -0.1) is 0 Å². The van der Waals surface area contributed by atoms with Gasteiger partial charge in [0, 0.05) is 0 Å². The molecule has 1 heterocycles. The van der Waals surface area contributed by atoms with Crippen molar-refractivity contribution in [3.8, 4) is 0 Å². The second-order valence-electron chi connectivity index (χ2n) is 3.40. The van der Waals surface area contributed by atoms with Crippen molar-refractivity contribution >= 4 is 0 Å². The molecule has 0 saturated carbocycles. The highest BCUT2D eigenvalue weighted by atomic mass is 16.6. The highest BCUT2D eigenvalue weighted by molar-refractivity contribution is 4.99. The van der Waals surface area contributed by atoms with Gasteiger partial charge in [0.2, 0.25) is 0 Å². The fourth-order valence-corrected chi connectivity index (χ4v) is 0.882. The largest absolute Gasteiger partial charge is 0.394 e. The van der Waals surface area contributed by atoms with Gasteiger partial charge in [0.1, 0.15) is 6.10 Å². The number of hydrogen-bond donors (Lipinski definition) is 3. The summed E-state index contributed by atoms with van der Waals surface area (Å²) in [7, 11) is 0. The van der Waals surface area contributed by atoms with Crippen LogP contribution in [0, 0.1) is 0 Å². The average molecular weight is 258 g/mol. The van der Waals surface area contributed by atoms with Gasteiger partial charge in [0.15, 0.2) is 0 Å². The van der Waals surface area contributed by atoms with E-state index in [0.717, 1.165) is 26.4 Å². The Hall–Kier alpha value is -0.980. The third kappa shape index (κ3) is 13.1. The molecule has 2 rings (SSSR count). The Bertz CT molecular complexity index is 196. The molecule has 0 radical (unpaired) electrons. The van der Waals surface area contributed by atoms with Crippen LogP contribution in [-0.2, 0) is 9.47 Å². The number of hydrogen-bond acceptors (Lipinski definition) is 5. The van der Waals surface area contributed by atoms with Gasteiger partial charge >= 0.3 is 0 Å². The van der Waals surface area contributed by atoms with Crippen LogP contribution < -0.4 is 0 Å². The molecule has 1 aliphatic heterocycles. The Balaban J connectivity index is 0.000000241. The highest BCUT2D eigenvalue weighted by Gasteiger charge is 1.94. The van der Waals surface area contributed by atoms with E-state index in [1.165, 1.54) is 0 Å². The molecule has 5 heteroatoms. The molecule has 1 aromatic rings. The van der Waals surface area contributed by atoms with Crippen LogP contribution in [0.1, 0.15) is 0 Å². The van der Waals surface area contributed by atoms with E-state index in [1.54, 1.807) is 0 Å². The zero-order chi connectivity index (χ0) is 13.5. The van der Waals surface area contributed by atoms with Crippen molar-refractivity contribution in [1.29, 1.82) is 0 Å². The lowest BCUT2D eigenvalue weighted by atomic mass is 10.4. The van der Waals surface area contributed by atoms with Gasteiger partial charge in [0.25, 0.3) is 0 Å². The first-order chi connectivity index (χ1) is 8.81. The van der Waals surface area contributed by atoms with Gasteiger partial charge in [-0.05, 0) is 0 Å². The van der Waals surface area contributed by atoms with Crippen molar-refractivity contribution in [3.63, 3.8) is 0 Å². The Morgan fingerprint density at radius 3 is 1.11 bits per heavy atom. The smallest absolute Gasteiger partial charge is 0.100 e. The van der Waals surface area contributed by atoms with Crippen molar-refractivity contribution < 1.29 is 24.8 Å². The lowest BCUT2D eigenvalue weighted by Crippen LogP contribution is -2.16. The van der Waals surface area contributed by atoms with E-state index in [9.17, 15) is 0 Å². The van der Waals surface area contributed by atoms with Crippen LogP contribution in [-0.4, -0.2) is 61.1 Å². The molecule has 0 atom stereocenters. The fourth-order valence-electron chi connectivity index (χ4n) is 0.882. The Morgan fingerprint density at radius 2 is 1.00 bits per heavy atom. The molecule has 0 bridgehead atoms. The minimum Gasteiger partial charge on any atom is -0.394 e. The first-order valence-electron chi connectivity index (χ1n) is 5.86. The second kappa shape index (κ2) is 14.1. The molecular formula is C13H22O5. The molecule has 1 saturated heterocycles. The molecule has 104 valence electrons. The van der Waals surface area contributed by atoms with Gasteiger partial charge in [-0.1, -0.05) is 36.4 Å². The van der Waals surface area contributed by atoms with E-state index in [0.29, 0.717) is 0 Å². The molecule has 0 aliphatic carbocycles. The van der Waals surface area contributed by atoms with E-state index in [2.05, 4.69) is 0 Å². The summed E-state index contributed by atoms with van der Waals surface area (Å²) >= 11 is 0. The summed E-state index contributed by atoms with van der Waals surface area (Å²) < 4.78 is 9.89. The third-order valence-electron chi connectivity index (χ3n) is 1.83. The number of aliphatic hydroxyl groups is 3. The minimum absolute atomic E-state index is 0.365. The maximum atomic E-state index is 8.17. The summed E-state index contributed by atoms with van der Waals surface area (Å²) in [6, 6.07) is 12.0. The Morgan fingerprint density at radius 1 is 0.722 bits per heavy atom. The predicted molar refractivity (Wildman–Crippen MR) is 68.3 cm³/mol. The highest BCUT2D eigenvalue weighted by Crippen LogP contribution is 1.85. The zero-order valence-corrected chi connectivity index (χ0v) is 10.4. The summed E-state index contributed by atoms with van der Waals surface area (Å²) in [5.41, 5.74) is 0. The molecule has 1 fully saturated rings. The SMILES string of the molecule is C1COCCO1.OCC(O)CO.c1ccccc1. The van der Waals surface area contributed by atoms with Crippen LogP contribution in [0.3, 0.4) is 0 Å². The molecule has 1 aliphatic rings. The molecule has 0 aromatic heterocycles. The molecule has 18 heavy (non-hydrogen) atoms. The van der Waals surface area contributed by atoms with Crippen LogP contribution in [0.5, 0.6) is 0 Å². The van der Waals surface area contributed by atoms with Gasteiger partial charge in [-0.3, -0.25) is 0 Å². The maximum Gasteiger partial charge on any atom is 0.100 e. The standard InChI is InChI=1S/C6H6.C4H8O2.C3H8O3/c1-2-4-6-5-3-1;1-2-6-4-3-5-1;4-1-3(6)2-5/h1-6H;1-4H2;3-6H,1-2H2. The molecule has 5 nitrogen and oxygen atoms in total. The van der Waals surface area contributed by atoms with E-state index >= 15 is 0 Å².